The summed E-state index contributed by atoms with van der Waals surface area (Å²) in [7, 11) is -3.73. The number of nitrogens with zero attached hydrogens (tertiary/aromatic N) is 2. The molecule has 0 fully saturated rings. The van der Waals surface area contributed by atoms with Crippen LogP contribution in [-0.2, 0) is 26.2 Å². The van der Waals surface area contributed by atoms with Gasteiger partial charge in [-0.1, -0.05) is 35.0 Å². The van der Waals surface area contributed by atoms with Crippen LogP contribution in [0.1, 0.15) is 32.8 Å². The van der Waals surface area contributed by atoms with Gasteiger partial charge in [0.1, 0.15) is 12.6 Å². The fourth-order valence-corrected chi connectivity index (χ4v) is 4.76. The third kappa shape index (κ3) is 8.25. The molecule has 33 heavy (non-hydrogen) atoms. The maximum atomic E-state index is 13.5. The van der Waals surface area contributed by atoms with Gasteiger partial charge in [-0.25, -0.2) is 8.42 Å². The molecule has 2 amide bonds. The van der Waals surface area contributed by atoms with Crippen LogP contribution in [0.2, 0.25) is 0 Å². The molecule has 0 saturated carbocycles. The molecule has 1 N–H and O–H groups in total. The van der Waals surface area contributed by atoms with Gasteiger partial charge in [-0.2, -0.15) is 0 Å². The van der Waals surface area contributed by atoms with Gasteiger partial charge in [0.25, 0.3) is 0 Å². The van der Waals surface area contributed by atoms with E-state index in [4.69, 9.17) is 0 Å². The van der Waals surface area contributed by atoms with Gasteiger partial charge in [0, 0.05) is 20.6 Å². The summed E-state index contributed by atoms with van der Waals surface area (Å²) in [5.41, 5.74) is 1.21. The highest BCUT2D eigenvalue weighted by molar-refractivity contribution is 14.1. The maximum Gasteiger partial charge on any atom is 0.244 e. The molecule has 0 spiro atoms. The number of hydrogen-bond donors (Lipinski definition) is 1. The molecular weight excluding hydrogens is 621 g/mol. The number of hydrogen-bond acceptors (Lipinski definition) is 4. The lowest BCUT2D eigenvalue weighted by molar-refractivity contribution is -0.139. The molecule has 2 atom stereocenters. The Morgan fingerprint density at radius 2 is 1.76 bits per heavy atom. The van der Waals surface area contributed by atoms with E-state index in [0.717, 1.165) is 30.6 Å². The van der Waals surface area contributed by atoms with Crippen LogP contribution in [0.3, 0.4) is 0 Å². The van der Waals surface area contributed by atoms with Crippen molar-refractivity contribution in [3.8, 4) is 0 Å². The van der Waals surface area contributed by atoms with Gasteiger partial charge in [0.05, 0.1) is 11.9 Å². The molecule has 0 aliphatic heterocycles. The number of sulfonamides is 1. The van der Waals surface area contributed by atoms with Crippen molar-refractivity contribution in [2.45, 2.75) is 45.8 Å². The summed E-state index contributed by atoms with van der Waals surface area (Å²) >= 11 is 5.56. The summed E-state index contributed by atoms with van der Waals surface area (Å²) in [5, 5.41) is 2.91. The Balaban J connectivity index is 2.37. The van der Waals surface area contributed by atoms with Gasteiger partial charge in [-0.05, 0) is 84.8 Å². The quantitative estimate of drug-likeness (QED) is 0.392. The Kier molecular flexibility index (Phi) is 10.2. The lowest BCUT2D eigenvalue weighted by Crippen LogP contribution is -2.52. The molecule has 0 aliphatic carbocycles. The average Bonchev–Trinajstić information content (AvgIpc) is 2.75. The predicted octanol–water partition coefficient (Wildman–Crippen LogP) is 4.15. The summed E-state index contributed by atoms with van der Waals surface area (Å²) in [6.45, 7) is 5.27. The van der Waals surface area contributed by atoms with E-state index in [-0.39, 0.29) is 18.5 Å². The van der Waals surface area contributed by atoms with Crippen molar-refractivity contribution < 1.29 is 18.0 Å². The number of carbonyl (C=O) groups excluding carboxylic acids is 2. The first-order valence-electron chi connectivity index (χ1n) is 10.5. The minimum Gasteiger partial charge on any atom is -0.352 e. The average molecular weight is 650 g/mol. The van der Waals surface area contributed by atoms with Crippen LogP contribution in [0.15, 0.2) is 53.0 Å². The van der Waals surface area contributed by atoms with Gasteiger partial charge in [-0.15, -0.1) is 0 Å². The van der Waals surface area contributed by atoms with Crippen molar-refractivity contribution in [2.75, 3.05) is 17.1 Å². The summed E-state index contributed by atoms with van der Waals surface area (Å²) in [5.74, 6) is -0.751. The highest BCUT2D eigenvalue weighted by Gasteiger charge is 2.30. The third-order valence-corrected chi connectivity index (χ3v) is 7.56. The third-order valence-electron chi connectivity index (χ3n) is 5.20. The van der Waals surface area contributed by atoms with Crippen LogP contribution in [0, 0.1) is 3.57 Å². The van der Waals surface area contributed by atoms with Gasteiger partial charge >= 0.3 is 0 Å². The number of anilines is 1. The number of amides is 2. The topological polar surface area (TPSA) is 86.8 Å². The van der Waals surface area contributed by atoms with Gasteiger partial charge < -0.3 is 10.2 Å². The molecule has 0 bridgehead atoms. The molecule has 0 radical (unpaired) electrons. The van der Waals surface area contributed by atoms with Crippen LogP contribution in [0.25, 0.3) is 0 Å². The zero-order valence-corrected chi connectivity index (χ0v) is 23.6. The van der Waals surface area contributed by atoms with Crippen LogP contribution in [-0.4, -0.2) is 50.0 Å². The molecule has 2 rings (SSSR count). The number of carbonyl (C=O) groups is 2. The van der Waals surface area contributed by atoms with Gasteiger partial charge in [0.2, 0.25) is 21.8 Å². The monoisotopic (exact) mass is 649 g/mol. The van der Waals surface area contributed by atoms with E-state index in [2.05, 4.69) is 43.8 Å². The van der Waals surface area contributed by atoms with Crippen LogP contribution in [0.5, 0.6) is 0 Å². The summed E-state index contributed by atoms with van der Waals surface area (Å²) in [4.78, 5) is 27.7. The highest BCUT2D eigenvalue weighted by atomic mass is 127. The molecule has 0 aromatic heterocycles. The van der Waals surface area contributed by atoms with Crippen LogP contribution in [0.4, 0.5) is 5.69 Å². The molecular formula is C23H29BrIN3O4S. The molecule has 180 valence electrons. The molecule has 2 aromatic carbocycles. The number of halogens is 2. The van der Waals surface area contributed by atoms with Crippen molar-refractivity contribution in [3.05, 3.63) is 62.1 Å². The van der Waals surface area contributed by atoms with E-state index in [1.807, 2.05) is 38.1 Å². The highest BCUT2D eigenvalue weighted by Crippen LogP contribution is 2.21. The van der Waals surface area contributed by atoms with E-state index in [0.29, 0.717) is 5.69 Å². The Labute approximate surface area is 218 Å². The van der Waals surface area contributed by atoms with Crippen molar-refractivity contribution >= 4 is 66.0 Å². The van der Waals surface area contributed by atoms with E-state index in [1.54, 1.807) is 31.2 Å². The fourth-order valence-electron chi connectivity index (χ4n) is 3.10. The molecule has 10 heteroatoms. The van der Waals surface area contributed by atoms with E-state index >= 15 is 0 Å². The largest absolute Gasteiger partial charge is 0.352 e. The zero-order chi connectivity index (χ0) is 24.8. The molecule has 0 heterocycles. The summed E-state index contributed by atoms with van der Waals surface area (Å²) in [6, 6.07) is 13.5. The summed E-state index contributed by atoms with van der Waals surface area (Å²) < 4.78 is 27.9. The first-order chi connectivity index (χ1) is 15.4. The standard InChI is InChI=1S/C23H29BrIN3O4S/c1-5-16(2)26-23(30)17(3)27(14-18-7-6-8-19(24)13-18)22(29)15-28(33(4,31)32)21-11-9-20(25)10-12-21/h6-13,16-17H,5,14-15H2,1-4H3,(H,26,30)/t16-,17+/m1/s1. The van der Waals surface area contributed by atoms with Crippen LogP contribution < -0.4 is 9.62 Å². The molecule has 7 nitrogen and oxygen atoms in total. The van der Waals surface area contributed by atoms with Crippen molar-refractivity contribution in [3.63, 3.8) is 0 Å². The number of benzene rings is 2. The molecule has 0 saturated heterocycles. The Hall–Kier alpha value is -1.66. The molecule has 2 aromatic rings. The smallest absolute Gasteiger partial charge is 0.244 e. The van der Waals surface area contributed by atoms with Gasteiger partial charge in [0.15, 0.2) is 0 Å². The second kappa shape index (κ2) is 12.2. The molecule has 0 unspecified atom stereocenters. The SMILES string of the molecule is CC[C@@H](C)NC(=O)[C@H](C)N(Cc1cccc(Br)c1)C(=O)CN(c1ccc(I)cc1)S(C)(=O)=O. The first-order valence-corrected chi connectivity index (χ1v) is 14.2. The second-order valence-electron chi connectivity index (χ2n) is 7.89. The fraction of sp³-hybridized carbons (Fsp3) is 0.391. The predicted molar refractivity (Wildman–Crippen MR) is 143 cm³/mol. The number of nitrogens with one attached hydrogen (secondary N) is 1. The maximum absolute atomic E-state index is 13.5. The Morgan fingerprint density at radius 3 is 2.30 bits per heavy atom. The van der Waals surface area contributed by atoms with Crippen molar-refractivity contribution in [2.24, 2.45) is 0 Å². The van der Waals surface area contributed by atoms with Gasteiger partial charge in [-0.3, -0.25) is 13.9 Å². The summed E-state index contributed by atoms with van der Waals surface area (Å²) in [6.07, 6.45) is 1.82. The number of rotatable bonds is 10. The van der Waals surface area contributed by atoms with E-state index in [1.165, 1.54) is 4.90 Å². The minimum absolute atomic E-state index is 0.0397. The first kappa shape index (κ1) is 27.6. The molecule has 0 aliphatic rings. The lowest BCUT2D eigenvalue weighted by Gasteiger charge is -2.32. The minimum atomic E-state index is -3.73. The van der Waals surface area contributed by atoms with E-state index in [9.17, 15) is 18.0 Å². The Bertz CT molecular complexity index is 1080. The lowest BCUT2D eigenvalue weighted by atomic mass is 10.1. The zero-order valence-electron chi connectivity index (χ0n) is 19.1. The normalized spacial score (nSPS) is 13.2. The second-order valence-corrected chi connectivity index (χ2v) is 12.0. The van der Waals surface area contributed by atoms with E-state index < -0.39 is 28.5 Å². The van der Waals surface area contributed by atoms with Crippen molar-refractivity contribution in [1.82, 2.24) is 10.2 Å². The van der Waals surface area contributed by atoms with Crippen molar-refractivity contribution in [1.29, 1.82) is 0 Å². The van der Waals surface area contributed by atoms with Crippen LogP contribution >= 0.6 is 38.5 Å². The Morgan fingerprint density at radius 1 is 1.12 bits per heavy atom.